The molecule has 0 saturated heterocycles. The number of fused-ring (bicyclic) bond motifs is 1. The number of halogens is 2. The van der Waals surface area contributed by atoms with Crippen LogP contribution >= 0.6 is 0 Å². The molecule has 1 aromatic carbocycles. The third-order valence-corrected chi connectivity index (χ3v) is 7.17. The Morgan fingerprint density at radius 1 is 1.25 bits per heavy atom. The molecule has 220 valence electrons. The first kappa shape index (κ1) is 31.3. The highest BCUT2D eigenvalue weighted by Gasteiger charge is 2.22. The number of unbranched alkanes of at least 4 members (excludes halogenated alkanes) is 1. The number of hydrogen-bond donors (Lipinski definition) is 3. The minimum absolute atomic E-state index is 0.0865. The topological polar surface area (TPSA) is 96.0 Å². The van der Waals surface area contributed by atoms with E-state index in [9.17, 15) is 18.7 Å². The van der Waals surface area contributed by atoms with Crippen LogP contribution in [-0.4, -0.2) is 80.2 Å². The zero-order valence-corrected chi connectivity index (χ0v) is 23.6. The van der Waals surface area contributed by atoms with Gasteiger partial charge in [0.2, 0.25) is 0 Å². The molecule has 1 aromatic heterocycles. The molecule has 2 unspecified atom stereocenters. The fourth-order valence-corrected chi connectivity index (χ4v) is 4.90. The van der Waals surface area contributed by atoms with Gasteiger partial charge >= 0.3 is 5.97 Å². The number of methoxy groups -OCH3 is 2. The van der Waals surface area contributed by atoms with Gasteiger partial charge in [-0.25, -0.2) is 18.6 Å². The fourth-order valence-electron chi connectivity index (χ4n) is 4.90. The van der Waals surface area contributed by atoms with E-state index in [1.54, 1.807) is 12.1 Å². The number of carboxylic acids is 1. The predicted octanol–water partition coefficient (Wildman–Crippen LogP) is 4.39. The smallest absolute Gasteiger partial charge is 0.326 e. The summed E-state index contributed by atoms with van der Waals surface area (Å²) in [5.74, 6) is -0.125. The van der Waals surface area contributed by atoms with Crippen LogP contribution in [0.3, 0.4) is 0 Å². The number of carboxylic acid groups (broad SMARTS) is 1. The van der Waals surface area contributed by atoms with Crippen molar-refractivity contribution >= 4 is 11.8 Å². The molecule has 0 fully saturated rings. The molecule has 8 nitrogen and oxygen atoms in total. The number of pyridine rings is 1. The van der Waals surface area contributed by atoms with Crippen molar-refractivity contribution in [2.75, 3.05) is 52.4 Å². The number of aryl methyl sites for hydroxylation is 2. The summed E-state index contributed by atoms with van der Waals surface area (Å²) in [5.41, 5.74) is 2.98. The molecule has 0 aliphatic carbocycles. The number of hydrogen-bond acceptors (Lipinski definition) is 7. The number of nitrogens with one attached hydrogen (secondary N) is 2. The molecule has 40 heavy (non-hydrogen) atoms. The van der Waals surface area contributed by atoms with Crippen molar-refractivity contribution in [2.24, 2.45) is 0 Å². The molecule has 0 saturated carbocycles. The van der Waals surface area contributed by atoms with E-state index in [1.807, 2.05) is 4.90 Å². The number of nitrogens with zero attached hydrogens (tertiary/aromatic N) is 2. The molecular weight excluding hydrogens is 518 g/mol. The number of rotatable bonds is 18. The summed E-state index contributed by atoms with van der Waals surface area (Å²) in [6.45, 7) is 5.68. The van der Waals surface area contributed by atoms with E-state index in [4.69, 9.17) is 14.5 Å². The Labute approximate surface area is 235 Å². The van der Waals surface area contributed by atoms with Gasteiger partial charge < -0.3 is 30.1 Å². The summed E-state index contributed by atoms with van der Waals surface area (Å²) < 4.78 is 38.3. The van der Waals surface area contributed by atoms with Crippen molar-refractivity contribution in [1.82, 2.24) is 15.2 Å². The second-order valence-electron chi connectivity index (χ2n) is 10.1. The number of benzene rings is 1. The Balaban J connectivity index is 1.54. The van der Waals surface area contributed by atoms with Crippen LogP contribution in [0.4, 0.5) is 14.6 Å². The maximum Gasteiger partial charge on any atom is 0.326 e. The van der Waals surface area contributed by atoms with Gasteiger partial charge in [0.1, 0.15) is 30.1 Å². The number of alkyl halides is 1. The van der Waals surface area contributed by atoms with Gasteiger partial charge in [0.15, 0.2) is 0 Å². The largest absolute Gasteiger partial charge is 0.496 e. The van der Waals surface area contributed by atoms with Crippen LogP contribution in [0.5, 0.6) is 5.75 Å². The van der Waals surface area contributed by atoms with Crippen molar-refractivity contribution in [3.63, 3.8) is 0 Å². The SMILES string of the molecule is C=C(Cc1c(F)cccc1OC)NC(CCN(CCCCc1ccc2c(n1)NCCC2)CC(CF)OC)C(=O)O. The lowest BCUT2D eigenvalue weighted by Gasteiger charge is -2.27. The lowest BCUT2D eigenvalue weighted by Crippen LogP contribution is -2.42. The first-order valence-electron chi connectivity index (χ1n) is 13.9. The Morgan fingerprint density at radius 2 is 2.08 bits per heavy atom. The molecule has 1 aliphatic heterocycles. The second-order valence-corrected chi connectivity index (χ2v) is 10.1. The quantitative estimate of drug-likeness (QED) is 0.231. The van der Waals surface area contributed by atoms with Crippen molar-refractivity contribution in [2.45, 2.75) is 57.1 Å². The molecule has 2 heterocycles. The molecule has 10 heteroatoms. The van der Waals surface area contributed by atoms with Gasteiger partial charge in [-0.3, -0.25) is 0 Å². The summed E-state index contributed by atoms with van der Waals surface area (Å²) in [5, 5.41) is 16.1. The summed E-state index contributed by atoms with van der Waals surface area (Å²) >= 11 is 0. The number of aliphatic carboxylic acids is 1. The van der Waals surface area contributed by atoms with E-state index in [-0.39, 0.29) is 12.8 Å². The van der Waals surface area contributed by atoms with E-state index in [2.05, 4.69) is 29.3 Å². The molecule has 3 rings (SSSR count). The van der Waals surface area contributed by atoms with Crippen LogP contribution in [0, 0.1) is 5.82 Å². The maximum atomic E-state index is 14.3. The highest BCUT2D eigenvalue weighted by atomic mass is 19.1. The Bertz CT molecular complexity index is 1110. The van der Waals surface area contributed by atoms with E-state index in [0.717, 1.165) is 50.2 Å². The van der Waals surface area contributed by atoms with Gasteiger partial charge in [0.25, 0.3) is 0 Å². The van der Waals surface area contributed by atoms with Gasteiger partial charge in [-0.05, 0) is 68.8 Å². The van der Waals surface area contributed by atoms with Crippen LogP contribution in [0.25, 0.3) is 0 Å². The third-order valence-electron chi connectivity index (χ3n) is 7.17. The summed E-state index contributed by atoms with van der Waals surface area (Å²) in [6.07, 6.45) is 4.50. The Kier molecular flexibility index (Phi) is 12.6. The number of anilines is 1. The summed E-state index contributed by atoms with van der Waals surface area (Å²) in [4.78, 5) is 18.8. The van der Waals surface area contributed by atoms with Gasteiger partial charge in [-0.1, -0.05) is 18.7 Å². The Morgan fingerprint density at radius 3 is 2.80 bits per heavy atom. The highest BCUT2D eigenvalue weighted by molar-refractivity contribution is 5.73. The van der Waals surface area contributed by atoms with Crippen LogP contribution in [0.15, 0.2) is 42.6 Å². The molecule has 0 amide bonds. The fraction of sp³-hybridized carbons (Fsp3) is 0.533. The average Bonchev–Trinajstić information content (AvgIpc) is 2.96. The van der Waals surface area contributed by atoms with Gasteiger partial charge in [0, 0.05) is 50.1 Å². The Hall–Kier alpha value is -3.24. The van der Waals surface area contributed by atoms with Crippen LogP contribution in [0.1, 0.15) is 42.5 Å². The van der Waals surface area contributed by atoms with Crippen LogP contribution < -0.4 is 15.4 Å². The molecule has 0 bridgehead atoms. The molecule has 2 aromatic rings. The van der Waals surface area contributed by atoms with Crippen LogP contribution in [-0.2, 0) is 28.8 Å². The molecular formula is C30H42F2N4O4. The third kappa shape index (κ3) is 9.45. The minimum atomic E-state index is -1.04. The zero-order chi connectivity index (χ0) is 28.9. The normalized spacial score (nSPS) is 14.2. The standard InChI is InChI=1S/C30H42F2N4O4/c1-21(18-25-26(32)10-6-11-28(25)40-3)34-27(30(37)38)14-17-36(20-24(19-31)39-2)16-5-4-9-23-13-12-22-8-7-15-33-29(22)35-23/h6,10-13,24,27,34H,1,4-5,7-9,14-20H2,2-3H3,(H,33,35)(H,37,38). The molecule has 0 radical (unpaired) electrons. The predicted molar refractivity (Wildman–Crippen MR) is 152 cm³/mol. The highest BCUT2D eigenvalue weighted by Crippen LogP contribution is 2.24. The monoisotopic (exact) mass is 560 g/mol. The van der Waals surface area contributed by atoms with Gasteiger partial charge in [0.05, 0.1) is 13.2 Å². The second kappa shape index (κ2) is 16.1. The lowest BCUT2D eigenvalue weighted by molar-refractivity contribution is -0.139. The summed E-state index contributed by atoms with van der Waals surface area (Å²) in [6, 6.07) is 7.82. The molecule has 3 N–H and O–H groups in total. The first-order valence-corrected chi connectivity index (χ1v) is 13.9. The molecule has 0 spiro atoms. The van der Waals surface area contributed by atoms with E-state index in [0.29, 0.717) is 36.6 Å². The number of carbonyl (C=O) groups is 1. The summed E-state index contributed by atoms with van der Waals surface area (Å²) in [7, 11) is 2.93. The van der Waals surface area contributed by atoms with Crippen molar-refractivity contribution in [3.05, 3.63) is 65.2 Å². The lowest BCUT2D eigenvalue weighted by atomic mass is 10.1. The van der Waals surface area contributed by atoms with E-state index >= 15 is 0 Å². The van der Waals surface area contributed by atoms with E-state index in [1.165, 1.54) is 25.8 Å². The number of allylic oxidation sites excluding steroid dienone is 1. The maximum absolute atomic E-state index is 14.3. The van der Waals surface area contributed by atoms with Crippen molar-refractivity contribution in [1.29, 1.82) is 0 Å². The molecule has 2 atom stereocenters. The van der Waals surface area contributed by atoms with Crippen molar-refractivity contribution in [3.8, 4) is 5.75 Å². The minimum Gasteiger partial charge on any atom is -0.496 e. The zero-order valence-electron chi connectivity index (χ0n) is 23.6. The molecule has 1 aliphatic rings. The number of aromatic nitrogens is 1. The van der Waals surface area contributed by atoms with E-state index < -0.39 is 30.6 Å². The van der Waals surface area contributed by atoms with Gasteiger partial charge in [-0.15, -0.1) is 0 Å². The number of ether oxygens (including phenoxy) is 2. The van der Waals surface area contributed by atoms with Crippen LogP contribution in [0.2, 0.25) is 0 Å². The van der Waals surface area contributed by atoms with Gasteiger partial charge in [-0.2, -0.15) is 0 Å². The average molecular weight is 561 g/mol. The van der Waals surface area contributed by atoms with Crippen molar-refractivity contribution < 1.29 is 28.2 Å². The first-order chi connectivity index (χ1) is 19.3.